The Kier molecular flexibility index (Phi) is 8.95. The van der Waals surface area contributed by atoms with E-state index in [4.69, 9.17) is 9.47 Å². The van der Waals surface area contributed by atoms with Crippen molar-refractivity contribution in [2.75, 3.05) is 11.9 Å². The fraction of sp³-hybridized carbons (Fsp3) is 0.257. The lowest BCUT2D eigenvalue weighted by molar-refractivity contribution is 0.0527. The second-order valence-electron chi connectivity index (χ2n) is 11.5. The average Bonchev–Trinajstić information content (AvgIpc) is 3.79. The quantitative estimate of drug-likeness (QED) is 0.160. The highest BCUT2D eigenvalue weighted by Gasteiger charge is 2.27. The number of nitrogens with zero attached hydrogens (tertiary/aromatic N) is 3. The van der Waals surface area contributed by atoms with Gasteiger partial charge in [-0.25, -0.2) is 27.2 Å². The molecule has 6 rings (SSSR count). The van der Waals surface area contributed by atoms with Crippen LogP contribution in [0.5, 0.6) is 5.75 Å². The smallest absolute Gasteiger partial charge is 0.341 e. The number of esters is 1. The molecule has 12 heteroatoms. The molecule has 0 aliphatic heterocycles. The zero-order chi connectivity index (χ0) is 33.1. The summed E-state index contributed by atoms with van der Waals surface area (Å²) in [7, 11) is -4.04. The normalized spacial score (nSPS) is 13.0. The van der Waals surface area contributed by atoms with E-state index in [0.717, 1.165) is 22.4 Å². The summed E-state index contributed by atoms with van der Waals surface area (Å²) in [6, 6.07) is 18.9. The predicted molar refractivity (Wildman–Crippen MR) is 178 cm³/mol. The van der Waals surface area contributed by atoms with Crippen molar-refractivity contribution in [1.29, 1.82) is 0 Å². The van der Waals surface area contributed by atoms with Crippen LogP contribution in [0.25, 0.3) is 22.2 Å². The minimum Gasteiger partial charge on any atom is -0.491 e. The molecule has 0 saturated heterocycles. The summed E-state index contributed by atoms with van der Waals surface area (Å²) in [5, 5.41) is 6.70. The highest BCUT2D eigenvalue weighted by molar-refractivity contribution is 7.90. The predicted octanol–water partition coefficient (Wildman–Crippen LogP) is 5.80. The molecule has 1 fully saturated rings. The Labute approximate surface area is 273 Å². The van der Waals surface area contributed by atoms with Crippen molar-refractivity contribution < 1.29 is 27.5 Å². The molecule has 1 amide bonds. The largest absolute Gasteiger partial charge is 0.491 e. The van der Waals surface area contributed by atoms with Crippen molar-refractivity contribution in [3.05, 3.63) is 102 Å². The third-order valence-electron chi connectivity index (χ3n) is 7.50. The standard InChI is InChI=1S/C35H35N5O6S/c1-4-45-35(42)29-11-8-14-36-32(29)37-19-23-15-24(17-27(16-23)46-22(2)3)31-21-40(47(43,44)28-9-6-5-7-10-28)33-30(31)18-25(20-38-33)34(41)39-26-12-13-26/h5-11,14-18,20-22,26H,4,12-13,19H2,1-3H3,(H,36,37)(H,39,41). The van der Waals surface area contributed by atoms with Gasteiger partial charge in [0.05, 0.1) is 23.2 Å². The van der Waals surface area contributed by atoms with Crippen molar-refractivity contribution in [3.63, 3.8) is 0 Å². The zero-order valence-corrected chi connectivity index (χ0v) is 27.1. The van der Waals surface area contributed by atoms with Crippen LogP contribution in [0.2, 0.25) is 0 Å². The molecule has 11 nitrogen and oxygen atoms in total. The van der Waals surface area contributed by atoms with Crippen molar-refractivity contribution in [1.82, 2.24) is 19.3 Å². The van der Waals surface area contributed by atoms with Gasteiger partial charge < -0.3 is 20.1 Å². The molecule has 2 aromatic carbocycles. The second-order valence-corrected chi connectivity index (χ2v) is 13.3. The Morgan fingerprint density at radius 3 is 2.53 bits per heavy atom. The van der Waals surface area contributed by atoms with Crippen molar-refractivity contribution in [2.45, 2.75) is 57.2 Å². The van der Waals surface area contributed by atoms with Gasteiger partial charge in [-0.05, 0) is 93.3 Å². The van der Waals surface area contributed by atoms with E-state index in [1.54, 1.807) is 49.5 Å². The number of carbonyl (C=O) groups excluding carboxylic acids is 2. The molecular formula is C35H35N5O6S. The van der Waals surface area contributed by atoms with Gasteiger partial charge in [-0.2, -0.15) is 0 Å². The van der Waals surface area contributed by atoms with Crippen LogP contribution in [0.1, 0.15) is 59.9 Å². The maximum atomic E-state index is 13.9. The molecule has 1 aliphatic carbocycles. The van der Waals surface area contributed by atoms with Gasteiger partial charge in [0.25, 0.3) is 15.9 Å². The molecule has 242 valence electrons. The van der Waals surface area contributed by atoms with Gasteiger partial charge in [-0.1, -0.05) is 18.2 Å². The molecule has 2 N–H and O–H groups in total. The minimum atomic E-state index is -4.04. The van der Waals surface area contributed by atoms with E-state index in [-0.39, 0.29) is 41.7 Å². The van der Waals surface area contributed by atoms with Crippen LogP contribution in [0.3, 0.4) is 0 Å². The zero-order valence-electron chi connectivity index (χ0n) is 26.3. The number of hydrogen-bond acceptors (Lipinski definition) is 9. The summed E-state index contributed by atoms with van der Waals surface area (Å²) < 4.78 is 40.3. The van der Waals surface area contributed by atoms with E-state index >= 15 is 0 Å². The summed E-state index contributed by atoms with van der Waals surface area (Å²) in [5.41, 5.74) is 2.81. The lowest BCUT2D eigenvalue weighted by atomic mass is 10.0. The number of rotatable bonds is 12. The number of ether oxygens (including phenoxy) is 2. The Balaban J connectivity index is 1.46. The van der Waals surface area contributed by atoms with Crippen molar-refractivity contribution in [2.24, 2.45) is 0 Å². The molecular weight excluding hydrogens is 618 g/mol. The van der Waals surface area contributed by atoms with E-state index < -0.39 is 16.0 Å². The van der Waals surface area contributed by atoms with Gasteiger partial charge in [0.2, 0.25) is 0 Å². The van der Waals surface area contributed by atoms with E-state index in [1.165, 1.54) is 24.5 Å². The first-order valence-electron chi connectivity index (χ1n) is 15.4. The number of pyridine rings is 2. The van der Waals surface area contributed by atoms with Gasteiger partial charge in [0.1, 0.15) is 17.1 Å². The van der Waals surface area contributed by atoms with Crippen LogP contribution < -0.4 is 15.4 Å². The molecule has 0 spiro atoms. The Morgan fingerprint density at radius 1 is 1.02 bits per heavy atom. The van der Waals surface area contributed by atoms with E-state index in [1.807, 2.05) is 32.0 Å². The fourth-order valence-corrected chi connectivity index (χ4v) is 6.53. The van der Waals surface area contributed by atoms with Gasteiger partial charge in [-0.3, -0.25) is 4.79 Å². The first-order valence-corrected chi connectivity index (χ1v) is 16.9. The monoisotopic (exact) mass is 653 g/mol. The summed E-state index contributed by atoms with van der Waals surface area (Å²) in [6.45, 7) is 6.06. The number of anilines is 1. The SMILES string of the molecule is CCOC(=O)c1cccnc1NCc1cc(OC(C)C)cc(-c2cn(S(=O)(=O)c3ccccc3)c3ncc(C(=O)NC4CC4)cc23)c1. The van der Waals surface area contributed by atoms with Gasteiger partial charge in [0, 0.05) is 42.1 Å². The van der Waals surface area contributed by atoms with Crippen LogP contribution in [-0.4, -0.2) is 53.0 Å². The lowest BCUT2D eigenvalue weighted by Crippen LogP contribution is -2.25. The van der Waals surface area contributed by atoms with Crippen LogP contribution in [0, 0.1) is 0 Å². The highest BCUT2D eigenvalue weighted by atomic mass is 32.2. The fourth-order valence-electron chi connectivity index (χ4n) is 5.18. The molecule has 0 bridgehead atoms. The van der Waals surface area contributed by atoms with Crippen LogP contribution in [0.15, 0.2) is 90.2 Å². The maximum Gasteiger partial charge on any atom is 0.341 e. The Bertz CT molecular complexity index is 2060. The van der Waals surface area contributed by atoms with Crippen LogP contribution in [-0.2, 0) is 21.3 Å². The van der Waals surface area contributed by atoms with Gasteiger partial charge >= 0.3 is 5.97 Å². The molecule has 5 aromatic rings. The van der Waals surface area contributed by atoms with Crippen LogP contribution >= 0.6 is 0 Å². The second kappa shape index (κ2) is 13.2. The maximum absolute atomic E-state index is 13.9. The molecule has 1 aliphatic rings. The third-order valence-corrected chi connectivity index (χ3v) is 9.16. The summed E-state index contributed by atoms with van der Waals surface area (Å²) in [5.74, 6) is 0.176. The topological polar surface area (TPSA) is 142 Å². The van der Waals surface area contributed by atoms with Crippen LogP contribution in [0.4, 0.5) is 5.82 Å². The first kappa shape index (κ1) is 31.7. The van der Waals surface area contributed by atoms with E-state index in [9.17, 15) is 18.0 Å². The number of benzene rings is 2. The highest BCUT2D eigenvalue weighted by Crippen LogP contribution is 2.36. The molecule has 0 atom stereocenters. The Hall–Kier alpha value is -5.23. The molecule has 0 unspecified atom stereocenters. The number of fused-ring (bicyclic) bond motifs is 1. The van der Waals surface area contributed by atoms with Gasteiger partial charge in [-0.15, -0.1) is 0 Å². The summed E-state index contributed by atoms with van der Waals surface area (Å²) >= 11 is 0. The van der Waals surface area contributed by atoms with E-state index in [2.05, 4.69) is 20.6 Å². The number of aromatic nitrogens is 3. The minimum absolute atomic E-state index is 0.107. The summed E-state index contributed by atoms with van der Waals surface area (Å²) in [6.07, 6.45) is 6.24. The number of nitrogens with one attached hydrogen (secondary N) is 2. The van der Waals surface area contributed by atoms with Crippen molar-refractivity contribution >= 4 is 38.8 Å². The Morgan fingerprint density at radius 2 is 1.81 bits per heavy atom. The van der Waals surface area contributed by atoms with E-state index in [0.29, 0.717) is 39.2 Å². The molecule has 1 saturated carbocycles. The lowest BCUT2D eigenvalue weighted by Gasteiger charge is -2.15. The number of amides is 1. The average molecular weight is 654 g/mol. The molecule has 3 heterocycles. The number of hydrogen-bond donors (Lipinski definition) is 2. The van der Waals surface area contributed by atoms with Crippen molar-refractivity contribution in [3.8, 4) is 16.9 Å². The molecule has 3 aromatic heterocycles. The number of carbonyl (C=O) groups is 2. The molecule has 47 heavy (non-hydrogen) atoms. The first-order chi connectivity index (χ1) is 22.6. The summed E-state index contributed by atoms with van der Waals surface area (Å²) in [4.78, 5) is 34.5. The van der Waals surface area contributed by atoms with Gasteiger partial charge in [0.15, 0.2) is 5.65 Å². The third kappa shape index (κ3) is 6.97. The molecule has 0 radical (unpaired) electrons.